The number of halogens is 1. The van der Waals surface area contributed by atoms with Gasteiger partial charge in [-0.2, -0.15) is 4.98 Å². The van der Waals surface area contributed by atoms with Crippen LogP contribution in [0.3, 0.4) is 0 Å². The van der Waals surface area contributed by atoms with Gasteiger partial charge in [-0.05, 0) is 12.1 Å². The van der Waals surface area contributed by atoms with Crippen molar-refractivity contribution in [3.05, 3.63) is 23.0 Å². The van der Waals surface area contributed by atoms with E-state index < -0.39 is 6.04 Å². The molecule has 6 nitrogen and oxygen atoms in total. The molecule has 1 aromatic carbocycles. The lowest BCUT2D eigenvalue weighted by Crippen LogP contribution is -2.09. The van der Waals surface area contributed by atoms with E-state index in [1.165, 1.54) is 14.2 Å². The molecule has 0 bridgehead atoms. The highest BCUT2D eigenvalue weighted by Gasteiger charge is 2.18. The third-order valence-electron chi connectivity index (χ3n) is 2.79. The second kappa shape index (κ2) is 6.48. The standard InChI is InChI=1S/C14H14ClN3O3/c1-4-5-10(16)14-17-13(18-21-14)8-6-9(15)12(20-3)11(7-8)19-2/h1,6-7,10H,5,16H2,2-3H3. The minimum absolute atomic E-state index is 0.272. The number of benzene rings is 1. The predicted octanol–water partition coefficient (Wildman–Crippen LogP) is 2.43. The van der Waals surface area contributed by atoms with Gasteiger partial charge in [0.1, 0.15) is 0 Å². The number of ether oxygens (including phenoxy) is 2. The molecule has 0 amide bonds. The lowest BCUT2D eigenvalue weighted by molar-refractivity contribution is 0.354. The third-order valence-corrected chi connectivity index (χ3v) is 3.07. The van der Waals surface area contributed by atoms with Gasteiger partial charge in [0.05, 0.1) is 25.3 Å². The maximum atomic E-state index is 6.14. The molecule has 0 saturated carbocycles. The molecule has 0 spiro atoms. The van der Waals surface area contributed by atoms with Crippen molar-refractivity contribution in [1.82, 2.24) is 10.1 Å². The van der Waals surface area contributed by atoms with E-state index >= 15 is 0 Å². The Labute approximate surface area is 127 Å². The van der Waals surface area contributed by atoms with Gasteiger partial charge in [0.25, 0.3) is 0 Å². The lowest BCUT2D eigenvalue weighted by atomic mass is 10.2. The fraction of sp³-hybridized carbons (Fsp3) is 0.286. The maximum absolute atomic E-state index is 6.14. The topological polar surface area (TPSA) is 83.4 Å². The molecule has 0 radical (unpaired) electrons. The van der Waals surface area contributed by atoms with Crippen LogP contribution in [-0.4, -0.2) is 24.4 Å². The summed E-state index contributed by atoms with van der Waals surface area (Å²) in [4.78, 5) is 4.22. The Bertz CT molecular complexity index is 679. The summed E-state index contributed by atoms with van der Waals surface area (Å²) in [7, 11) is 3.02. The summed E-state index contributed by atoms with van der Waals surface area (Å²) >= 11 is 6.14. The molecule has 0 aliphatic heterocycles. The van der Waals surface area contributed by atoms with Gasteiger partial charge in [0, 0.05) is 12.0 Å². The third kappa shape index (κ3) is 3.10. The minimum atomic E-state index is -0.494. The molecule has 1 heterocycles. The van der Waals surface area contributed by atoms with Gasteiger partial charge in [-0.15, -0.1) is 12.3 Å². The Hall–Kier alpha value is -2.23. The van der Waals surface area contributed by atoms with Gasteiger partial charge in [-0.3, -0.25) is 0 Å². The molecule has 2 N–H and O–H groups in total. The normalized spacial score (nSPS) is 11.8. The average molecular weight is 308 g/mol. The van der Waals surface area contributed by atoms with Gasteiger partial charge in [0.2, 0.25) is 11.7 Å². The number of nitrogens with two attached hydrogens (primary N) is 1. The van der Waals surface area contributed by atoms with Crippen molar-refractivity contribution in [2.24, 2.45) is 5.73 Å². The Morgan fingerprint density at radius 2 is 2.19 bits per heavy atom. The van der Waals surface area contributed by atoms with E-state index in [-0.39, 0.29) is 5.89 Å². The van der Waals surface area contributed by atoms with Crippen LogP contribution in [0.4, 0.5) is 0 Å². The summed E-state index contributed by atoms with van der Waals surface area (Å²) in [6.07, 6.45) is 5.52. The molecule has 0 aliphatic rings. The van der Waals surface area contributed by atoms with Crippen molar-refractivity contribution in [2.75, 3.05) is 14.2 Å². The molecular weight excluding hydrogens is 294 g/mol. The number of nitrogens with zero attached hydrogens (tertiary/aromatic N) is 2. The van der Waals surface area contributed by atoms with Crippen molar-refractivity contribution in [2.45, 2.75) is 12.5 Å². The highest BCUT2D eigenvalue weighted by atomic mass is 35.5. The van der Waals surface area contributed by atoms with Gasteiger partial charge in [-0.1, -0.05) is 16.8 Å². The minimum Gasteiger partial charge on any atom is -0.493 e. The van der Waals surface area contributed by atoms with Crippen LogP contribution in [0.2, 0.25) is 5.02 Å². The molecule has 1 atom stereocenters. The number of aromatic nitrogens is 2. The molecule has 2 rings (SSSR count). The van der Waals surface area contributed by atoms with Gasteiger partial charge >= 0.3 is 0 Å². The summed E-state index contributed by atoms with van der Waals surface area (Å²) in [5.74, 6) is 3.98. The molecule has 0 saturated heterocycles. The highest BCUT2D eigenvalue weighted by Crippen LogP contribution is 2.38. The number of hydrogen-bond acceptors (Lipinski definition) is 6. The summed E-state index contributed by atoms with van der Waals surface area (Å²) in [6, 6.07) is 2.86. The van der Waals surface area contributed by atoms with Crippen molar-refractivity contribution in [3.63, 3.8) is 0 Å². The first-order valence-corrected chi connectivity index (χ1v) is 6.43. The first-order valence-electron chi connectivity index (χ1n) is 6.05. The van der Waals surface area contributed by atoms with E-state index in [4.69, 9.17) is 37.8 Å². The zero-order chi connectivity index (χ0) is 15.4. The lowest BCUT2D eigenvalue weighted by Gasteiger charge is -2.10. The van der Waals surface area contributed by atoms with E-state index in [1.807, 2.05) is 0 Å². The van der Waals surface area contributed by atoms with Crippen molar-refractivity contribution in [3.8, 4) is 35.2 Å². The molecule has 21 heavy (non-hydrogen) atoms. The van der Waals surface area contributed by atoms with Crippen LogP contribution in [0.25, 0.3) is 11.4 Å². The van der Waals surface area contributed by atoms with Crippen molar-refractivity contribution in [1.29, 1.82) is 0 Å². The maximum Gasteiger partial charge on any atom is 0.244 e. The number of methoxy groups -OCH3 is 2. The smallest absolute Gasteiger partial charge is 0.244 e. The summed E-state index contributed by atoms with van der Waals surface area (Å²) < 4.78 is 15.5. The highest BCUT2D eigenvalue weighted by molar-refractivity contribution is 6.32. The van der Waals surface area contributed by atoms with Crippen LogP contribution in [0.1, 0.15) is 18.4 Å². The molecule has 7 heteroatoms. The van der Waals surface area contributed by atoms with E-state index in [9.17, 15) is 0 Å². The van der Waals surface area contributed by atoms with Gasteiger partial charge in [-0.25, -0.2) is 0 Å². The first kappa shape index (κ1) is 15.2. The fourth-order valence-electron chi connectivity index (χ4n) is 1.76. The Balaban J connectivity index is 2.39. The molecule has 1 unspecified atom stereocenters. The largest absolute Gasteiger partial charge is 0.493 e. The van der Waals surface area contributed by atoms with Crippen LogP contribution < -0.4 is 15.2 Å². The molecule has 2 aromatic rings. The number of terminal acetylenes is 1. The quantitative estimate of drug-likeness (QED) is 0.854. The average Bonchev–Trinajstić information content (AvgIpc) is 2.96. The summed E-state index contributed by atoms with van der Waals surface area (Å²) in [5, 5.41) is 4.25. The van der Waals surface area contributed by atoms with Crippen LogP contribution in [0, 0.1) is 12.3 Å². The van der Waals surface area contributed by atoms with Crippen LogP contribution in [0.5, 0.6) is 11.5 Å². The Morgan fingerprint density at radius 1 is 1.43 bits per heavy atom. The Kier molecular flexibility index (Phi) is 4.68. The molecule has 0 fully saturated rings. The zero-order valence-electron chi connectivity index (χ0n) is 11.6. The van der Waals surface area contributed by atoms with Crippen molar-refractivity contribution < 1.29 is 14.0 Å². The number of rotatable bonds is 5. The predicted molar refractivity (Wildman–Crippen MR) is 78.2 cm³/mol. The monoisotopic (exact) mass is 307 g/mol. The summed E-state index contributed by atoms with van der Waals surface area (Å²) in [5.41, 5.74) is 6.44. The fourth-order valence-corrected chi connectivity index (χ4v) is 2.05. The van der Waals surface area contributed by atoms with E-state index in [2.05, 4.69) is 16.1 Å². The molecule has 1 aromatic heterocycles. The number of hydrogen-bond donors (Lipinski definition) is 1. The molecular formula is C14H14ClN3O3. The zero-order valence-corrected chi connectivity index (χ0v) is 12.3. The van der Waals surface area contributed by atoms with E-state index in [0.29, 0.717) is 34.3 Å². The van der Waals surface area contributed by atoms with Gasteiger partial charge in [0.15, 0.2) is 11.5 Å². The van der Waals surface area contributed by atoms with Gasteiger partial charge < -0.3 is 19.7 Å². The van der Waals surface area contributed by atoms with E-state index in [0.717, 1.165) is 0 Å². The van der Waals surface area contributed by atoms with Crippen LogP contribution >= 0.6 is 11.6 Å². The van der Waals surface area contributed by atoms with Crippen LogP contribution in [-0.2, 0) is 0 Å². The van der Waals surface area contributed by atoms with E-state index in [1.54, 1.807) is 12.1 Å². The van der Waals surface area contributed by atoms with Crippen molar-refractivity contribution >= 4 is 11.6 Å². The molecule has 110 valence electrons. The first-order chi connectivity index (χ1) is 10.1. The Morgan fingerprint density at radius 3 is 2.81 bits per heavy atom. The van der Waals surface area contributed by atoms with Crippen LogP contribution in [0.15, 0.2) is 16.7 Å². The summed E-state index contributed by atoms with van der Waals surface area (Å²) in [6.45, 7) is 0. The SMILES string of the molecule is C#CCC(N)c1nc(-c2cc(Cl)c(OC)c(OC)c2)no1. The molecule has 0 aliphatic carbocycles. The second-order valence-electron chi connectivity index (χ2n) is 4.16. The second-order valence-corrected chi connectivity index (χ2v) is 4.57.